The molecule has 0 aromatic heterocycles. The van der Waals surface area contributed by atoms with Gasteiger partial charge in [-0.3, -0.25) is 14.5 Å². The molecule has 0 unspecified atom stereocenters. The van der Waals surface area contributed by atoms with Crippen LogP contribution in [0.3, 0.4) is 0 Å². The Labute approximate surface area is 210 Å². The fraction of sp³-hybridized carbons (Fsp3) is 0.423. The zero-order valence-electron chi connectivity index (χ0n) is 20.6. The number of likely N-dealkylation sites (tertiary alicyclic amines) is 1. The number of benzene rings is 2. The fourth-order valence-electron chi connectivity index (χ4n) is 5.19. The minimum Gasteiger partial charge on any atom is -0.444 e. The number of fused-ring (bicyclic) bond motifs is 1. The molecule has 0 radical (unpaired) electrons. The molecule has 3 heterocycles. The lowest BCUT2D eigenvalue weighted by Gasteiger charge is -2.40. The first-order chi connectivity index (χ1) is 17.6. The Kier molecular flexibility index (Phi) is 8.40. The Morgan fingerprint density at radius 3 is 2.47 bits per heavy atom. The highest BCUT2D eigenvalue weighted by atomic mass is 16.6. The van der Waals surface area contributed by atoms with Crippen LogP contribution in [0.2, 0.25) is 0 Å². The van der Waals surface area contributed by atoms with Crippen molar-refractivity contribution >= 4 is 35.5 Å². The number of cyclic esters (lactones) is 1. The predicted octanol–water partition coefficient (Wildman–Crippen LogP) is 1.91. The Balaban J connectivity index is 0.000000967. The summed E-state index contributed by atoms with van der Waals surface area (Å²) in [7, 11) is 1.63. The van der Waals surface area contributed by atoms with Crippen molar-refractivity contribution in [3.05, 3.63) is 53.6 Å². The maximum Gasteiger partial charge on any atom is 0.414 e. The Hall–Kier alpha value is -3.63. The Bertz CT molecular complexity index is 1080. The molecule has 3 amide bonds. The first kappa shape index (κ1) is 25.5. The fourth-order valence-corrected chi connectivity index (χ4v) is 5.19. The average Bonchev–Trinajstić information content (AvgIpc) is 3.44. The van der Waals surface area contributed by atoms with Gasteiger partial charge < -0.3 is 20.3 Å². The van der Waals surface area contributed by atoms with Crippen molar-refractivity contribution in [1.29, 1.82) is 0 Å². The summed E-state index contributed by atoms with van der Waals surface area (Å²) in [6.07, 6.45) is 3.81. The molecule has 0 atom stereocenters. The largest absolute Gasteiger partial charge is 0.444 e. The number of amides is 3. The predicted molar refractivity (Wildman–Crippen MR) is 135 cm³/mol. The van der Waals surface area contributed by atoms with Gasteiger partial charge in [0.05, 0.1) is 12.8 Å². The highest BCUT2D eigenvalue weighted by molar-refractivity contribution is 5.96. The molecule has 192 valence electrons. The number of anilines is 2. The minimum atomic E-state index is -0.259. The molecule has 10 heteroatoms. The summed E-state index contributed by atoms with van der Waals surface area (Å²) in [6, 6.07) is 13.9. The second-order valence-electron chi connectivity index (χ2n) is 9.03. The van der Waals surface area contributed by atoms with Crippen LogP contribution < -0.4 is 21.0 Å². The van der Waals surface area contributed by atoms with Gasteiger partial charge in [-0.1, -0.05) is 18.2 Å². The number of rotatable bonds is 5. The third kappa shape index (κ3) is 5.44. The second kappa shape index (κ2) is 11.9. The van der Waals surface area contributed by atoms with E-state index in [1.54, 1.807) is 12.6 Å². The third-order valence-corrected chi connectivity index (χ3v) is 6.88. The minimum absolute atomic E-state index is 0.0887. The van der Waals surface area contributed by atoms with Crippen LogP contribution in [0.4, 0.5) is 21.9 Å². The van der Waals surface area contributed by atoms with E-state index in [1.165, 1.54) is 0 Å². The van der Waals surface area contributed by atoms with Crippen molar-refractivity contribution in [3.8, 4) is 0 Å². The van der Waals surface area contributed by atoms with Crippen LogP contribution in [0.15, 0.2) is 42.5 Å². The summed E-state index contributed by atoms with van der Waals surface area (Å²) >= 11 is 0. The molecule has 0 spiro atoms. The third-order valence-electron chi connectivity index (χ3n) is 6.88. The zero-order valence-corrected chi connectivity index (χ0v) is 20.6. The summed E-state index contributed by atoms with van der Waals surface area (Å²) in [4.78, 5) is 45.4. The molecule has 3 aliphatic rings. The average molecular weight is 497 g/mol. The summed E-state index contributed by atoms with van der Waals surface area (Å²) in [6.45, 7) is 3.61. The van der Waals surface area contributed by atoms with Crippen LogP contribution in [0.5, 0.6) is 0 Å². The molecule has 36 heavy (non-hydrogen) atoms. The van der Waals surface area contributed by atoms with Crippen LogP contribution in [-0.4, -0.2) is 62.6 Å². The van der Waals surface area contributed by atoms with E-state index in [0.717, 1.165) is 74.5 Å². The summed E-state index contributed by atoms with van der Waals surface area (Å²) in [5.74, 6) is 0.0887. The first-order valence-corrected chi connectivity index (χ1v) is 12.3. The maximum atomic E-state index is 12.8. The molecule has 3 aliphatic heterocycles. The molecule has 2 fully saturated rings. The number of primary amides is 1. The molecule has 4 N–H and O–H groups in total. The van der Waals surface area contributed by atoms with Gasteiger partial charge in [-0.05, 0) is 43.9 Å². The molecule has 10 nitrogen and oxygen atoms in total. The molecular weight excluding hydrogens is 462 g/mol. The number of quaternary nitrogens is 1. The van der Waals surface area contributed by atoms with Crippen LogP contribution in [0.25, 0.3) is 0 Å². The number of carbonyl (C=O) groups excluding carboxylic acids is 3. The summed E-state index contributed by atoms with van der Waals surface area (Å²) < 4.78 is 5.43. The van der Waals surface area contributed by atoms with Crippen molar-refractivity contribution in [2.45, 2.75) is 38.3 Å². The van der Waals surface area contributed by atoms with Crippen molar-refractivity contribution < 1.29 is 29.4 Å². The Morgan fingerprint density at radius 2 is 1.78 bits per heavy atom. The lowest BCUT2D eigenvalue weighted by atomic mass is 9.99. The summed E-state index contributed by atoms with van der Waals surface area (Å²) in [5, 5.41) is 0. The van der Waals surface area contributed by atoms with Gasteiger partial charge in [-0.25, -0.2) is 9.63 Å². The molecule has 0 bridgehead atoms. The first-order valence-electron chi connectivity index (χ1n) is 12.3. The van der Waals surface area contributed by atoms with E-state index in [-0.39, 0.29) is 24.5 Å². The van der Waals surface area contributed by atoms with E-state index in [9.17, 15) is 9.59 Å². The zero-order chi connectivity index (χ0) is 25.5. The quantitative estimate of drug-likeness (QED) is 0.370. The van der Waals surface area contributed by atoms with E-state index in [1.807, 2.05) is 52.3 Å². The van der Waals surface area contributed by atoms with Crippen molar-refractivity contribution in [2.75, 3.05) is 43.1 Å². The van der Waals surface area contributed by atoms with Gasteiger partial charge in [-0.2, -0.15) is 5.48 Å². The number of piperidine rings is 1. The van der Waals surface area contributed by atoms with Crippen molar-refractivity contribution in [3.63, 3.8) is 0 Å². The van der Waals surface area contributed by atoms with Crippen LogP contribution in [-0.2, 0) is 21.0 Å². The molecule has 5 rings (SSSR count). The van der Waals surface area contributed by atoms with E-state index in [2.05, 4.69) is 10.6 Å². The van der Waals surface area contributed by atoms with Gasteiger partial charge >= 0.3 is 6.09 Å². The molecular formula is C26H34N5O5+. The SMILES string of the molecule is CO[NH2+]c1cc(C(=O)N2CCCC2)ccc1N1CCC(N2C(=O)OCc3ccccc32)CC1.NC=O. The lowest BCUT2D eigenvalue weighted by Crippen LogP contribution is -2.76. The van der Waals surface area contributed by atoms with Gasteiger partial charge in [0.1, 0.15) is 12.3 Å². The smallest absolute Gasteiger partial charge is 0.414 e. The normalized spacial score (nSPS) is 17.7. The van der Waals surface area contributed by atoms with E-state index >= 15 is 0 Å². The second-order valence-corrected chi connectivity index (χ2v) is 9.03. The van der Waals surface area contributed by atoms with E-state index < -0.39 is 0 Å². The van der Waals surface area contributed by atoms with Gasteiger partial charge in [0.2, 0.25) is 6.41 Å². The molecule has 0 saturated carbocycles. The number of para-hydroxylation sites is 1. The summed E-state index contributed by atoms with van der Waals surface area (Å²) in [5.41, 5.74) is 10.5. The van der Waals surface area contributed by atoms with Crippen molar-refractivity contribution in [2.24, 2.45) is 5.73 Å². The van der Waals surface area contributed by atoms with Crippen LogP contribution in [0, 0.1) is 0 Å². The van der Waals surface area contributed by atoms with Gasteiger partial charge in [-0.15, -0.1) is 0 Å². The number of hydrogen-bond donors (Lipinski definition) is 2. The lowest BCUT2D eigenvalue weighted by molar-refractivity contribution is -0.829. The monoisotopic (exact) mass is 496 g/mol. The number of nitrogens with two attached hydrogens (primary N) is 2. The maximum absolute atomic E-state index is 12.8. The van der Waals surface area contributed by atoms with Gasteiger partial charge in [0.25, 0.3) is 5.91 Å². The topological polar surface area (TPSA) is 122 Å². The van der Waals surface area contributed by atoms with Crippen LogP contribution in [0.1, 0.15) is 41.6 Å². The van der Waals surface area contributed by atoms with Crippen LogP contribution >= 0.6 is 0 Å². The number of carbonyl (C=O) groups is 3. The number of hydrogen-bond acceptors (Lipinski definition) is 6. The number of ether oxygens (including phenoxy) is 1. The molecule has 2 aromatic rings. The standard InChI is InChI=1S/C25H30N4O4.CH3NO/c1-32-26-21-16-18(24(30)28-12-4-5-13-28)8-9-23(21)27-14-10-20(11-15-27)29-22-7-3-2-6-19(22)17-33-25(29)31;2-1-3/h2-3,6-9,16,20,26H,4-5,10-15,17H2,1H3;1H,(H2,2,3)/p+1. The van der Waals surface area contributed by atoms with Gasteiger partial charge in [0, 0.05) is 49.4 Å². The van der Waals surface area contributed by atoms with E-state index in [0.29, 0.717) is 12.2 Å². The van der Waals surface area contributed by atoms with Gasteiger partial charge in [0.15, 0.2) is 5.69 Å². The van der Waals surface area contributed by atoms with E-state index in [4.69, 9.17) is 14.4 Å². The molecule has 0 aliphatic carbocycles. The molecule has 2 aromatic carbocycles. The molecule has 2 saturated heterocycles. The highest BCUT2D eigenvalue weighted by Gasteiger charge is 2.35. The number of nitrogens with zero attached hydrogens (tertiary/aromatic N) is 3. The highest BCUT2D eigenvalue weighted by Crippen LogP contribution is 2.34. The Morgan fingerprint density at radius 1 is 1.08 bits per heavy atom. The van der Waals surface area contributed by atoms with Crippen molar-refractivity contribution in [1.82, 2.24) is 4.90 Å².